The van der Waals surface area contributed by atoms with Crippen molar-refractivity contribution in [3.05, 3.63) is 84.2 Å². The third-order valence-electron chi connectivity index (χ3n) is 3.65. The Morgan fingerprint density at radius 2 is 1.75 bits per heavy atom. The van der Waals surface area contributed by atoms with E-state index in [4.69, 9.17) is 0 Å². The van der Waals surface area contributed by atoms with Crippen LogP contribution in [0.5, 0.6) is 0 Å². The predicted molar refractivity (Wildman–Crippen MR) is 94.4 cm³/mol. The van der Waals surface area contributed by atoms with E-state index < -0.39 is 0 Å². The molecule has 0 aliphatic heterocycles. The van der Waals surface area contributed by atoms with Crippen LogP contribution >= 0.6 is 0 Å². The van der Waals surface area contributed by atoms with Crippen molar-refractivity contribution < 1.29 is 4.79 Å². The predicted octanol–water partition coefficient (Wildman–Crippen LogP) is 3.54. The number of amides is 1. The number of aromatic nitrogens is 3. The molecule has 1 unspecified atom stereocenters. The Hall–Kier alpha value is -3.21. The number of hydrogen-bond donors (Lipinski definition) is 1. The molecule has 1 amide bonds. The van der Waals surface area contributed by atoms with Gasteiger partial charge < -0.3 is 5.32 Å². The molecule has 0 spiro atoms. The highest BCUT2D eigenvalue weighted by Crippen LogP contribution is 2.16. The molecule has 3 rings (SSSR count). The van der Waals surface area contributed by atoms with Crippen LogP contribution < -0.4 is 5.32 Å². The van der Waals surface area contributed by atoms with Crippen molar-refractivity contribution in [2.75, 3.05) is 5.32 Å². The number of carbonyl (C=O) groups excluding carboxylic acids is 1. The van der Waals surface area contributed by atoms with Gasteiger partial charge in [-0.1, -0.05) is 53.7 Å². The van der Waals surface area contributed by atoms with Crippen molar-refractivity contribution in [2.24, 2.45) is 0 Å². The third kappa shape index (κ3) is 3.95. The molecule has 120 valence electrons. The molecule has 1 aromatic heterocycles. The number of rotatable bonds is 5. The first kappa shape index (κ1) is 15.7. The maximum Gasteiger partial charge on any atom is 0.248 e. The van der Waals surface area contributed by atoms with Gasteiger partial charge >= 0.3 is 0 Å². The number of nitrogens with zero attached hydrogens (tertiary/aromatic N) is 3. The van der Waals surface area contributed by atoms with Gasteiger partial charge in [0, 0.05) is 11.8 Å². The lowest BCUT2D eigenvalue weighted by Gasteiger charge is -2.10. The van der Waals surface area contributed by atoms with Crippen LogP contribution in [0.1, 0.15) is 24.2 Å². The second kappa shape index (κ2) is 7.37. The molecule has 0 saturated heterocycles. The van der Waals surface area contributed by atoms with E-state index in [1.165, 1.54) is 6.08 Å². The molecule has 5 heteroatoms. The number of hydrogen-bond acceptors (Lipinski definition) is 3. The van der Waals surface area contributed by atoms with Gasteiger partial charge in [-0.15, -0.1) is 5.10 Å². The topological polar surface area (TPSA) is 59.8 Å². The summed E-state index contributed by atoms with van der Waals surface area (Å²) in [6, 6.07) is 19.5. The molecule has 2 aromatic carbocycles. The van der Waals surface area contributed by atoms with E-state index in [1.54, 1.807) is 10.8 Å². The number of anilines is 1. The fourth-order valence-corrected chi connectivity index (χ4v) is 2.31. The van der Waals surface area contributed by atoms with E-state index >= 15 is 0 Å². The van der Waals surface area contributed by atoms with E-state index in [0.717, 1.165) is 11.3 Å². The Labute approximate surface area is 140 Å². The van der Waals surface area contributed by atoms with Crippen LogP contribution in [-0.4, -0.2) is 20.9 Å². The van der Waals surface area contributed by atoms with Gasteiger partial charge in [0.2, 0.25) is 5.91 Å². The normalized spacial score (nSPS) is 12.2. The van der Waals surface area contributed by atoms with Crippen LogP contribution in [0.2, 0.25) is 0 Å². The van der Waals surface area contributed by atoms with Crippen molar-refractivity contribution in [1.82, 2.24) is 15.0 Å². The second-order valence-electron chi connectivity index (χ2n) is 5.40. The van der Waals surface area contributed by atoms with Gasteiger partial charge in [0.15, 0.2) is 0 Å². The van der Waals surface area contributed by atoms with E-state index in [1.807, 2.05) is 54.7 Å². The molecule has 1 heterocycles. The van der Waals surface area contributed by atoms with Crippen molar-refractivity contribution in [2.45, 2.75) is 13.0 Å². The van der Waals surface area contributed by atoms with Gasteiger partial charge in [0.05, 0.1) is 12.2 Å². The zero-order chi connectivity index (χ0) is 16.8. The van der Waals surface area contributed by atoms with E-state index in [0.29, 0.717) is 5.69 Å². The fourth-order valence-electron chi connectivity index (χ4n) is 2.31. The van der Waals surface area contributed by atoms with E-state index in [2.05, 4.69) is 34.7 Å². The Bertz CT molecular complexity index is 825. The Morgan fingerprint density at radius 1 is 1.08 bits per heavy atom. The summed E-state index contributed by atoms with van der Waals surface area (Å²) in [6.45, 7) is 2.06. The summed E-state index contributed by atoms with van der Waals surface area (Å²) in [4.78, 5) is 11.9. The van der Waals surface area contributed by atoms with Gasteiger partial charge in [-0.3, -0.25) is 4.79 Å². The lowest BCUT2D eigenvalue weighted by molar-refractivity contribution is -0.111. The monoisotopic (exact) mass is 318 g/mol. The Morgan fingerprint density at radius 3 is 2.46 bits per heavy atom. The van der Waals surface area contributed by atoms with Gasteiger partial charge in [-0.25, -0.2) is 4.68 Å². The summed E-state index contributed by atoms with van der Waals surface area (Å²) in [5.74, 6) is -0.202. The Balaban J connectivity index is 1.64. The average Bonchev–Trinajstić information content (AvgIpc) is 3.10. The quantitative estimate of drug-likeness (QED) is 0.732. The fraction of sp³-hybridized carbons (Fsp3) is 0.105. The van der Waals surface area contributed by atoms with Crippen LogP contribution in [-0.2, 0) is 4.79 Å². The molecule has 0 aliphatic carbocycles. The van der Waals surface area contributed by atoms with Crippen LogP contribution in [0.15, 0.2) is 72.9 Å². The minimum Gasteiger partial charge on any atom is -0.323 e. The molecule has 1 N–H and O–H groups in total. The van der Waals surface area contributed by atoms with Gasteiger partial charge in [-0.05, 0) is 30.7 Å². The maximum atomic E-state index is 11.9. The van der Waals surface area contributed by atoms with E-state index in [-0.39, 0.29) is 11.9 Å². The molecule has 5 nitrogen and oxygen atoms in total. The first-order valence-electron chi connectivity index (χ1n) is 7.73. The molecule has 0 saturated carbocycles. The highest BCUT2D eigenvalue weighted by Gasteiger charge is 2.09. The second-order valence-corrected chi connectivity index (χ2v) is 5.40. The average molecular weight is 318 g/mol. The van der Waals surface area contributed by atoms with Crippen molar-refractivity contribution >= 4 is 17.7 Å². The van der Waals surface area contributed by atoms with Gasteiger partial charge in [-0.2, -0.15) is 0 Å². The zero-order valence-corrected chi connectivity index (χ0v) is 13.3. The first-order chi connectivity index (χ1) is 11.7. The van der Waals surface area contributed by atoms with Crippen molar-refractivity contribution in [3.63, 3.8) is 0 Å². The molecule has 0 radical (unpaired) electrons. The van der Waals surface area contributed by atoms with E-state index in [9.17, 15) is 4.79 Å². The lowest BCUT2D eigenvalue weighted by Crippen LogP contribution is -2.07. The first-order valence-corrected chi connectivity index (χ1v) is 7.73. The largest absolute Gasteiger partial charge is 0.323 e. The summed E-state index contributed by atoms with van der Waals surface area (Å²) in [5.41, 5.74) is 2.55. The third-order valence-corrected chi connectivity index (χ3v) is 3.65. The molecule has 0 bridgehead atoms. The smallest absolute Gasteiger partial charge is 0.248 e. The summed E-state index contributed by atoms with van der Waals surface area (Å²) in [5, 5.41) is 11.0. The summed E-state index contributed by atoms with van der Waals surface area (Å²) in [7, 11) is 0. The zero-order valence-electron chi connectivity index (χ0n) is 13.3. The minimum atomic E-state index is -0.202. The van der Waals surface area contributed by atoms with Crippen LogP contribution in [0.25, 0.3) is 6.08 Å². The summed E-state index contributed by atoms with van der Waals surface area (Å²) >= 11 is 0. The van der Waals surface area contributed by atoms with Crippen molar-refractivity contribution in [3.8, 4) is 0 Å². The SMILES string of the molecule is CC(c1ccccc1)n1cc(/C=C\C(=O)Nc2ccccc2)nn1. The number of benzene rings is 2. The molecular formula is C19H18N4O. The van der Waals surface area contributed by atoms with Gasteiger partial charge in [0.25, 0.3) is 0 Å². The molecule has 0 fully saturated rings. The standard InChI is InChI=1S/C19H18N4O/c1-15(16-8-4-2-5-9-16)23-14-18(21-22-23)12-13-19(24)20-17-10-6-3-7-11-17/h2-15H,1H3,(H,20,24)/b13-12-. The molecule has 1 atom stereocenters. The maximum absolute atomic E-state index is 11.9. The lowest BCUT2D eigenvalue weighted by atomic mass is 10.1. The highest BCUT2D eigenvalue weighted by molar-refractivity contribution is 6.01. The number of nitrogens with one attached hydrogen (secondary N) is 1. The molecule has 24 heavy (non-hydrogen) atoms. The summed E-state index contributed by atoms with van der Waals surface area (Å²) in [6.07, 6.45) is 4.93. The number of carbonyl (C=O) groups is 1. The Kier molecular flexibility index (Phi) is 4.81. The van der Waals surface area contributed by atoms with Gasteiger partial charge in [0.1, 0.15) is 5.69 Å². The molecular weight excluding hydrogens is 300 g/mol. The minimum absolute atomic E-state index is 0.0824. The van der Waals surface area contributed by atoms with Crippen LogP contribution in [0.3, 0.4) is 0 Å². The molecule has 0 aliphatic rings. The highest BCUT2D eigenvalue weighted by atomic mass is 16.1. The summed E-state index contributed by atoms with van der Waals surface area (Å²) < 4.78 is 1.78. The van der Waals surface area contributed by atoms with Crippen molar-refractivity contribution in [1.29, 1.82) is 0 Å². The number of para-hydroxylation sites is 1. The van der Waals surface area contributed by atoms with Crippen LogP contribution in [0.4, 0.5) is 5.69 Å². The molecule has 3 aromatic rings. The van der Waals surface area contributed by atoms with Crippen LogP contribution in [0, 0.1) is 0 Å².